The van der Waals surface area contributed by atoms with E-state index in [2.05, 4.69) is 24.1 Å². The zero-order chi connectivity index (χ0) is 25.6. The Hall–Kier alpha value is -2.74. The van der Waals surface area contributed by atoms with Crippen LogP contribution < -0.4 is 10.2 Å². The number of rotatable bonds is 9. The molecule has 6 nitrogen and oxygen atoms in total. The predicted octanol–water partition coefficient (Wildman–Crippen LogP) is 6.91. The van der Waals surface area contributed by atoms with Crippen LogP contribution in [0.15, 0.2) is 71.6 Å². The lowest BCUT2D eigenvalue weighted by Crippen LogP contribution is -2.24. The van der Waals surface area contributed by atoms with E-state index in [0.29, 0.717) is 21.3 Å². The highest BCUT2D eigenvalue weighted by Crippen LogP contribution is 2.27. The highest BCUT2D eigenvalue weighted by molar-refractivity contribution is 7.91. The fourth-order valence-electron chi connectivity index (χ4n) is 3.66. The van der Waals surface area contributed by atoms with E-state index in [1.807, 2.05) is 25.1 Å². The zero-order valence-corrected chi connectivity index (χ0v) is 22.1. The smallest absolute Gasteiger partial charge is 0.412 e. The van der Waals surface area contributed by atoms with Crippen LogP contribution in [-0.4, -0.2) is 33.4 Å². The van der Waals surface area contributed by atoms with Gasteiger partial charge >= 0.3 is 6.09 Å². The van der Waals surface area contributed by atoms with Gasteiger partial charge in [-0.2, -0.15) is 0 Å². The minimum absolute atomic E-state index is 0.0905. The molecule has 1 unspecified atom stereocenters. The lowest BCUT2D eigenvalue weighted by atomic mass is 10.1. The molecule has 186 valence electrons. The molecular weight excluding hydrogens is 507 g/mol. The summed E-state index contributed by atoms with van der Waals surface area (Å²) in [5, 5.41) is 3.65. The number of sulfone groups is 1. The minimum atomic E-state index is -3.78. The molecule has 35 heavy (non-hydrogen) atoms. The van der Waals surface area contributed by atoms with Crippen molar-refractivity contribution < 1.29 is 17.9 Å². The summed E-state index contributed by atoms with van der Waals surface area (Å²) in [5.74, 6) is -0.441. The molecule has 0 spiro atoms. The third-order valence-corrected chi connectivity index (χ3v) is 7.85. The summed E-state index contributed by atoms with van der Waals surface area (Å²) in [6.45, 7) is 7.80. The molecule has 0 aliphatic carbocycles. The lowest BCUT2D eigenvalue weighted by Gasteiger charge is -2.23. The van der Waals surface area contributed by atoms with Crippen molar-refractivity contribution in [2.24, 2.45) is 0 Å². The van der Waals surface area contributed by atoms with Crippen LogP contribution in [-0.2, 0) is 14.6 Å². The maximum absolute atomic E-state index is 13.1. The number of halogens is 2. The van der Waals surface area contributed by atoms with Gasteiger partial charge in [0.25, 0.3) is 0 Å². The molecule has 0 fully saturated rings. The second-order valence-corrected chi connectivity index (χ2v) is 10.9. The molecule has 3 aromatic rings. The fraction of sp³-hybridized carbons (Fsp3) is 0.269. The van der Waals surface area contributed by atoms with E-state index in [9.17, 15) is 13.2 Å². The molecule has 3 rings (SSSR count). The van der Waals surface area contributed by atoms with Crippen LogP contribution in [0.4, 0.5) is 16.2 Å². The summed E-state index contributed by atoms with van der Waals surface area (Å²) in [6, 6.07) is 18.1. The Morgan fingerprint density at radius 1 is 0.943 bits per heavy atom. The SMILES string of the molecule is CCN(CC)c1ccc(NC(=O)OC(CS(=O)(=O)c2ccc(Cl)cc2)c2ccc(Cl)cc2)c(C)c1. The number of nitrogens with one attached hydrogen (secondary N) is 1. The van der Waals surface area contributed by atoms with E-state index < -0.39 is 27.8 Å². The first-order valence-electron chi connectivity index (χ1n) is 11.2. The van der Waals surface area contributed by atoms with Crippen molar-refractivity contribution in [3.8, 4) is 0 Å². The molecule has 1 N–H and O–H groups in total. The van der Waals surface area contributed by atoms with Crippen molar-refractivity contribution >= 4 is 50.5 Å². The van der Waals surface area contributed by atoms with Crippen LogP contribution in [0, 0.1) is 6.92 Å². The predicted molar refractivity (Wildman–Crippen MR) is 143 cm³/mol. The van der Waals surface area contributed by atoms with Crippen molar-refractivity contribution in [1.29, 1.82) is 0 Å². The monoisotopic (exact) mass is 534 g/mol. The molecule has 0 aliphatic heterocycles. The highest BCUT2D eigenvalue weighted by Gasteiger charge is 2.26. The number of hydrogen-bond acceptors (Lipinski definition) is 5. The van der Waals surface area contributed by atoms with Crippen LogP contribution in [0.5, 0.6) is 0 Å². The van der Waals surface area contributed by atoms with Crippen molar-refractivity contribution in [3.63, 3.8) is 0 Å². The van der Waals surface area contributed by atoms with Gasteiger partial charge in [0.2, 0.25) is 0 Å². The number of carbonyl (C=O) groups is 1. The quantitative estimate of drug-likeness (QED) is 0.322. The summed E-state index contributed by atoms with van der Waals surface area (Å²) in [7, 11) is -3.78. The van der Waals surface area contributed by atoms with Gasteiger partial charge in [0.1, 0.15) is 6.10 Å². The topological polar surface area (TPSA) is 75.7 Å². The number of aryl methyl sites for hydroxylation is 1. The molecule has 0 aromatic heterocycles. The van der Waals surface area contributed by atoms with Gasteiger partial charge in [0, 0.05) is 34.5 Å². The van der Waals surface area contributed by atoms with E-state index >= 15 is 0 Å². The largest absolute Gasteiger partial charge is 0.440 e. The van der Waals surface area contributed by atoms with E-state index in [1.165, 1.54) is 24.3 Å². The van der Waals surface area contributed by atoms with Crippen LogP contribution >= 0.6 is 23.2 Å². The van der Waals surface area contributed by atoms with Gasteiger partial charge in [-0.25, -0.2) is 13.2 Å². The molecule has 0 saturated heterocycles. The Morgan fingerprint density at radius 3 is 2.06 bits per heavy atom. The van der Waals surface area contributed by atoms with Crippen LogP contribution in [0.3, 0.4) is 0 Å². The number of benzene rings is 3. The van der Waals surface area contributed by atoms with Gasteiger partial charge in [-0.15, -0.1) is 0 Å². The third kappa shape index (κ3) is 7.13. The Morgan fingerprint density at radius 2 is 1.51 bits per heavy atom. The summed E-state index contributed by atoms with van der Waals surface area (Å²) >= 11 is 11.9. The fourth-order valence-corrected chi connectivity index (χ4v) is 5.31. The first-order chi connectivity index (χ1) is 16.6. The Balaban J connectivity index is 1.82. The number of nitrogens with zero attached hydrogens (tertiary/aromatic N) is 1. The van der Waals surface area contributed by atoms with E-state index in [4.69, 9.17) is 27.9 Å². The second kappa shape index (κ2) is 11.8. The normalized spacial score (nSPS) is 12.1. The second-order valence-electron chi connectivity index (χ2n) is 7.98. The van der Waals surface area contributed by atoms with E-state index in [-0.39, 0.29) is 4.90 Å². The van der Waals surface area contributed by atoms with Gasteiger partial charge in [-0.05, 0) is 86.5 Å². The average molecular weight is 535 g/mol. The van der Waals surface area contributed by atoms with Crippen LogP contribution in [0.1, 0.15) is 31.1 Å². The van der Waals surface area contributed by atoms with Crippen molar-refractivity contribution in [3.05, 3.63) is 87.9 Å². The summed E-state index contributed by atoms with van der Waals surface area (Å²) in [4.78, 5) is 15.1. The van der Waals surface area contributed by atoms with Gasteiger partial charge in [0.15, 0.2) is 9.84 Å². The van der Waals surface area contributed by atoms with Crippen LogP contribution in [0.2, 0.25) is 10.0 Å². The van der Waals surface area contributed by atoms with Gasteiger partial charge in [-0.3, -0.25) is 5.32 Å². The zero-order valence-electron chi connectivity index (χ0n) is 19.8. The molecule has 1 atom stereocenters. The average Bonchev–Trinajstić information content (AvgIpc) is 2.82. The number of ether oxygens (including phenoxy) is 1. The molecule has 0 aliphatic rings. The maximum atomic E-state index is 13.1. The molecule has 0 saturated carbocycles. The summed E-state index contributed by atoms with van der Waals surface area (Å²) < 4.78 is 31.7. The van der Waals surface area contributed by atoms with Crippen molar-refractivity contribution in [2.75, 3.05) is 29.1 Å². The van der Waals surface area contributed by atoms with Gasteiger partial charge in [-0.1, -0.05) is 35.3 Å². The first-order valence-corrected chi connectivity index (χ1v) is 13.6. The standard InChI is InChI=1S/C26H28Cl2N2O4S/c1-4-30(5-2)22-12-15-24(18(3)16-22)29-26(31)34-25(19-6-8-20(27)9-7-19)17-35(32,33)23-13-10-21(28)11-14-23/h6-16,25H,4-5,17H2,1-3H3,(H,29,31). The van der Waals surface area contributed by atoms with Gasteiger partial charge in [0.05, 0.1) is 10.6 Å². The molecular formula is C26H28Cl2N2O4S. The van der Waals surface area contributed by atoms with Crippen LogP contribution in [0.25, 0.3) is 0 Å². The van der Waals surface area contributed by atoms with Gasteiger partial charge < -0.3 is 9.64 Å². The molecule has 0 radical (unpaired) electrons. The number of amides is 1. The Labute approximate surface area is 216 Å². The first kappa shape index (κ1) is 26.9. The third-order valence-electron chi connectivity index (χ3n) is 5.61. The minimum Gasteiger partial charge on any atom is -0.440 e. The highest BCUT2D eigenvalue weighted by atomic mass is 35.5. The molecule has 0 heterocycles. The molecule has 3 aromatic carbocycles. The van der Waals surface area contributed by atoms with E-state index in [0.717, 1.165) is 24.3 Å². The number of anilines is 2. The number of hydrogen-bond donors (Lipinski definition) is 1. The Kier molecular flexibility index (Phi) is 9.05. The molecule has 1 amide bonds. The number of carbonyl (C=O) groups excluding carboxylic acids is 1. The maximum Gasteiger partial charge on any atom is 0.412 e. The summed E-state index contributed by atoms with van der Waals surface area (Å²) in [6.07, 6.45) is -1.81. The van der Waals surface area contributed by atoms with Crippen molar-refractivity contribution in [2.45, 2.75) is 31.8 Å². The lowest BCUT2D eigenvalue weighted by molar-refractivity contribution is 0.122. The molecule has 0 bridgehead atoms. The van der Waals surface area contributed by atoms with E-state index in [1.54, 1.807) is 24.3 Å². The van der Waals surface area contributed by atoms with Crippen molar-refractivity contribution in [1.82, 2.24) is 0 Å². The molecule has 9 heteroatoms. The Bertz CT molecular complexity index is 1260. The summed E-state index contributed by atoms with van der Waals surface area (Å²) in [5.41, 5.74) is 3.01.